The standard InChI is InChI=1S/C35H39NO5/c1-31-13-10-24(37)19-33(31)16-17-35(25(20-33)29(38)26-9-6-18-40-26)27(31)11-14-32(2)28(35)12-15-34(32)22-36(30(39)41-34)21-23-7-4-3-5-8-23/h3-9,16-18,20,24,27-28,37H,10-15,19,21-22H2,1-2H3/t24-,27+,28+,31+,32-,33-,34+,35-/m0/s1. The van der Waals surface area contributed by atoms with Crippen LogP contribution in [-0.4, -0.2) is 40.1 Å². The van der Waals surface area contributed by atoms with E-state index < -0.39 is 11.0 Å². The van der Waals surface area contributed by atoms with Crippen molar-refractivity contribution in [1.82, 2.24) is 4.90 Å². The molecule has 1 aromatic carbocycles. The van der Waals surface area contributed by atoms with E-state index in [9.17, 15) is 14.7 Å². The van der Waals surface area contributed by atoms with Gasteiger partial charge in [0.05, 0.1) is 18.9 Å². The van der Waals surface area contributed by atoms with E-state index in [1.165, 1.54) is 0 Å². The predicted octanol–water partition coefficient (Wildman–Crippen LogP) is 6.71. The van der Waals surface area contributed by atoms with Crippen LogP contribution < -0.4 is 0 Å². The maximum atomic E-state index is 14.3. The molecule has 8 atom stereocenters. The van der Waals surface area contributed by atoms with E-state index in [0.29, 0.717) is 25.3 Å². The van der Waals surface area contributed by atoms with Gasteiger partial charge in [-0.05, 0) is 79.9 Å². The number of allylic oxidation sites excluding steroid dienone is 4. The molecule has 1 N–H and O–H groups in total. The number of amides is 1. The summed E-state index contributed by atoms with van der Waals surface area (Å²) in [5.74, 6) is 0.769. The summed E-state index contributed by atoms with van der Waals surface area (Å²) in [4.78, 5) is 29.6. The zero-order valence-electron chi connectivity index (χ0n) is 24.0. The second-order valence-corrected chi connectivity index (χ2v) is 14.3. The molecule has 0 radical (unpaired) electrons. The summed E-state index contributed by atoms with van der Waals surface area (Å²) in [6.07, 6.45) is 14.0. The maximum Gasteiger partial charge on any atom is 0.410 e. The molecule has 2 bridgehead atoms. The number of carbonyl (C=O) groups excluding carboxylic acids is 2. The summed E-state index contributed by atoms with van der Waals surface area (Å²) in [7, 11) is 0. The molecule has 1 aliphatic heterocycles. The molecule has 2 heterocycles. The van der Waals surface area contributed by atoms with Gasteiger partial charge < -0.3 is 14.3 Å². The quantitative estimate of drug-likeness (QED) is 0.336. The van der Waals surface area contributed by atoms with Crippen molar-refractivity contribution in [3.05, 3.63) is 83.9 Å². The minimum absolute atomic E-state index is 0.0369. The van der Waals surface area contributed by atoms with Gasteiger partial charge in [-0.1, -0.05) is 62.4 Å². The van der Waals surface area contributed by atoms with E-state index in [1.807, 2.05) is 23.1 Å². The Hall–Kier alpha value is -3.12. The number of fused-ring (bicyclic) bond motifs is 2. The summed E-state index contributed by atoms with van der Waals surface area (Å²) < 4.78 is 12.2. The number of benzene rings is 1. The molecule has 1 saturated heterocycles. The summed E-state index contributed by atoms with van der Waals surface area (Å²) in [6.45, 7) is 5.87. The number of Topliss-reactive ketones (excluding diaryl/α,β-unsaturated/α-hetero) is 1. The van der Waals surface area contributed by atoms with Crippen LogP contribution in [-0.2, 0) is 11.3 Å². The first-order chi connectivity index (χ1) is 19.7. The van der Waals surface area contributed by atoms with Crippen LogP contribution in [0.4, 0.5) is 4.79 Å². The first-order valence-corrected chi connectivity index (χ1v) is 15.4. The first kappa shape index (κ1) is 25.6. The van der Waals surface area contributed by atoms with Crippen LogP contribution in [0.5, 0.6) is 0 Å². The Bertz CT molecular complexity index is 1480. The fraction of sp³-hybridized carbons (Fsp3) is 0.543. The van der Waals surface area contributed by atoms with Crippen LogP contribution in [0.15, 0.2) is 76.9 Å². The summed E-state index contributed by atoms with van der Waals surface area (Å²) in [6, 6.07) is 13.7. The second kappa shape index (κ2) is 8.25. The lowest BCUT2D eigenvalue weighted by Crippen LogP contribution is -2.67. The number of ether oxygens (including phenoxy) is 1. The van der Waals surface area contributed by atoms with E-state index >= 15 is 0 Å². The smallest absolute Gasteiger partial charge is 0.410 e. The molecule has 41 heavy (non-hydrogen) atoms. The van der Waals surface area contributed by atoms with E-state index in [4.69, 9.17) is 9.15 Å². The van der Waals surface area contributed by atoms with Gasteiger partial charge in [0.15, 0.2) is 5.76 Å². The highest BCUT2D eigenvalue weighted by atomic mass is 16.6. The van der Waals surface area contributed by atoms with Crippen molar-refractivity contribution in [3.8, 4) is 0 Å². The Morgan fingerprint density at radius 1 is 0.976 bits per heavy atom. The van der Waals surface area contributed by atoms with Crippen LogP contribution >= 0.6 is 0 Å². The van der Waals surface area contributed by atoms with Gasteiger partial charge in [-0.3, -0.25) is 9.69 Å². The Kier molecular flexibility index (Phi) is 5.14. The van der Waals surface area contributed by atoms with Gasteiger partial charge in [-0.25, -0.2) is 4.79 Å². The van der Waals surface area contributed by atoms with Crippen molar-refractivity contribution in [2.24, 2.45) is 33.5 Å². The molecule has 2 aromatic rings. The Morgan fingerprint density at radius 3 is 2.51 bits per heavy atom. The highest BCUT2D eigenvalue weighted by molar-refractivity contribution is 6.08. The summed E-state index contributed by atoms with van der Waals surface area (Å²) in [5.41, 5.74) is 0.236. The number of carbonyl (C=O) groups is 2. The lowest BCUT2D eigenvalue weighted by atomic mass is 9.32. The Morgan fingerprint density at radius 2 is 1.73 bits per heavy atom. The Balaban J connectivity index is 1.23. The van der Waals surface area contributed by atoms with Crippen molar-refractivity contribution in [2.45, 2.75) is 77.0 Å². The minimum Gasteiger partial charge on any atom is -0.461 e. The zero-order chi connectivity index (χ0) is 28.3. The maximum absolute atomic E-state index is 14.3. The largest absolute Gasteiger partial charge is 0.461 e. The molecule has 6 nitrogen and oxygen atoms in total. The van der Waals surface area contributed by atoms with Gasteiger partial charge in [0.1, 0.15) is 5.60 Å². The van der Waals surface area contributed by atoms with Crippen LogP contribution in [0.3, 0.4) is 0 Å². The van der Waals surface area contributed by atoms with Crippen LogP contribution in [0, 0.1) is 33.5 Å². The average molecular weight is 554 g/mol. The van der Waals surface area contributed by atoms with Crippen LogP contribution in [0.1, 0.15) is 74.9 Å². The number of hydrogen-bond donors (Lipinski definition) is 1. The predicted molar refractivity (Wildman–Crippen MR) is 153 cm³/mol. The molecule has 3 saturated carbocycles. The van der Waals surface area contributed by atoms with Crippen molar-refractivity contribution < 1.29 is 23.8 Å². The number of rotatable bonds is 4. The highest BCUT2D eigenvalue weighted by Crippen LogP contribution is 2.79. The van der Waals surface area contributed by atoms with Crippen LogP contribution in [0.2, 0.25) is 0 Å². The fourth-order valence-electron chi connectivity index (χ4n) is 10.8. The number of aliphatic hydroxyl groups excluding tert-OH is 1. The van der Waals surface area contributed by atoms with E-state index in [2.05, 4.69) is 44.2 Å². The molecule has 4 fully saturated rings. The molecule has 214 valence electrons. The molecule has 6 heteroatoms. The first-order valence-electron chi connectivity index (χ1n) is 15.4. The number of nitrogens with zero attached hydrogens (tertiary/aromatic N) is 1. The molecular formula is C35H39NO5. The Labute approximate surface area is 241 Å². The van der Waals surface area contributed by atoms with E-state index in [1.54, 1.807) is 18.4 Å². The third-order valence-corrected chi connectivity index (χ3v) is 12.9. The topological polar surface area (TPSA) is 80.0 Å². The third kappa shape index (κ3) is 3.07. The zero-order valence-corrected chi connectivity index (χ0v) is 24.0. The molecule has 1 aromatic heterocycles. The van der Waals surface area contributed by atoms with Gasteiger partial charge in [-0.2, -0.15) is 0 Å². The highest BCUT2D eigenvalue weighted by Gasteiger charge is 2.76. The molecule has 0 unspecified atom stereocenters. The van der Waals surface area contributed by atoms with Crippen LogP contribution in [0.25, 0.3) is 0 Å². The molecule has 3 spiro atoms. The van der Waals surface area contributed by atoms with Gasteiger partial charge in [-0.15, -0.1) is 0 Å². The van der Waals surface area contributed by atoms with Crippen molar-refractivity contribution in [1.29, 1.82) is 0 Å². The number of aliphatic hydroxyl groups is 1. The number of ketones is 1. The monoisotopic (exact) mass is 553 g/mol. The number of furan rings is 1. The minimum atomic E-state index is -0.578. The SMILES string of the molecule is C[C@]12CC[C@H]3[C@@]4(C=C[C@@]5(C=C4C(=O)c4ccco4)C[C@@H](O)CC[C@]35C)[C@@H]1CC[C@@]21CN(Cc2ccccc2)C(=O)O1. The fourth-order valence-corrected chi connectivity index (χ4v) is 10.8. The molecule has 6 aliphatic carbocycles. The molecule has 9 rings (SSSR count). The van der Waals surface area contributed by atoms with Crippen molar-refractivity contribution in [3.63, 3.8) is 0 Å². The third-order valence-electron chi connectivity index (χ3n) is 12.9. The van der Waals surface area contributed by atoms with Gasteiger partial charge in [0, 0.05) is 28.4 Å². The lowest BCUT2D eigenvalue weighted by Gasteiger charge is -2.71. The normalized spacial score (nSPS) is 43.9. The van der Waals surface area contributed by atoms with E-state index in [-0.39, 0.29) is 46.1 Å². The summed E-state index contributed by atoms with van der Waals surface area (Å²) >= 11 is 0. The van der Waals surface area contributed by atoms with Crippen molar-refractivity contribution >= 4 is 11.9 Å². The van der Waals surface area contributed by atoms with Gasteiger partial charge in [0.2, 0.25) is 5.78 Å². The number of hydrogen-bond acceptors (Lipinski definition) is 5. The molecule has 7 aliphatic rings. The van der Waals surface area contributed by atoms with Gasteiger partial charge >= 0.3 is 6.09 Å². The van der Waals surface area contributed by atoms with Crippen molar-refractivity contribution in [2.75, 3.05) is 6.54 Å². The molecule has 1 amide bonds. The summed E-state index contributed by atoms with van der Waals surface area (Å²) in [5, 5.41) is 10.8. The van der Waals surface area contributed by atoms with Gasteiger partial charge in [0.25, 0.3) is 0 Å². The average Bonchev–Trinajstić information content (AvgIpc) is 3.68. The lowest BCUT2D eigenvalue weighted by molar-refractivity contribution is -0.164. The molecular weight excluding hydrogens is 514 g/mol. The van der Waals surface area contributed by atoms with E-state index in [0.717, 1.165) is 49.7 Å². The second-order valence-electron chi connectivity index (χ2n) is 14.3.